The molecule has 216 valence electrons. The van der Waals surface area contributed by atoms with Crippen molar-refractivity contribution < 1.29 is 19.4 Å². The maximum Gasteiger partial charge on any atom is 0.337 e. The zero-order chi connectivity index (χ0) is 29.2. The Hall–Kier alpha value is -2.90. The van der Waals surface area contributed by atoms with Crippen LogP contribution in [0.15, 0.2) is 36.4 Å². The third kappa shape index (κ3) is 7.24. The fourth-order valence-corrected chi connectivity index (χ4v) is 6.23. The van der Waals surface area contributed by atoms with E-state index in [2.05, 4.69) is 49.9 Å². The van der Waals surface area contributed by atoms with Gasteiger partial charge >= 0.3 is 5.97 Å². The third-order valence-electron chi connectivity index (χ3n) is 7.53. The zero-order valence-electron chi connectivity index (χ0n) is 25.3. The number of pyridine rings is 1. The highest BCUT2D eigenvalue weighted by Gasteiger charge is 2.36. The van der Waals surface area contributed by atoms with Gasteiger partial charge < -0.3 is 19.5 Å². The first-order valence-electron chi connectivity index (χ1n) is 14.2. The summed E-state index contributed by atoms with van der Waals surface area (Å²) in [6, 6.07) is 12.4. The van der Waals surface area contributed by atoms with Gasteiger partial charge in [0, 0.05) is 51.8 Å². The molecule has 1 aliphatic heterocycles. The van der Waals surface area contributed by atoms with E-state index in [1.165, 1.54) is 9.75 Å². The van der Waals surface area contributed by atoms with Crippen molar-refractivity contribution in [1.29, 1.82) is 0 Å². The number of nitrogens with zero attached hydrogens (tertiary/aromatic N) is 2. The minimum atomic E-state index is -1.12. The zero-order valence-corrected chi connectivity index (χ0v) is 26.1. The van der Waals surface area contributed by atoms with Gasteiger partial charge in [-0.2, -0.15) is 0 Å². The molecule has 1 saturated heterocycles. The van der Waals surface area contributed by atoms with Gasteiger partial charge in [0.2, 0.25) is 0 Å². The number of hydrogen-bond donors (Lipinski definition) is 1. The van der Waals surface area contributed by atoms with Crippen LogP contribution in [0, 0.1) is 26.2 Å². The van der Waals surface area contributed by atoms with E-state index >= 15 is 0 Å². The number of anilines is 1. The molecule has 4 rings (SSSR count). The second-order valence-corrected chi connectivity index (χ2v) is 14.0. The van der Waals surface area contributed by atoms with E-state index in [1.807, 2.05) is 46.8 Å². The number of thiophene rings is 1. The van der Waals surface area contributed by atoms with Crippen LogP contribution in [0.2, 0.25) is 0 Å². The number of aryl methyl sites for hydroxylation is 3. The van der Waals surface area contributed by atoms with Gasteiger partial charge in [0.25, 0.3) is 0 Å². The van der Waals surface area contributed by atoms with Crippen LogP contribution in [-0.4, -0.2) is 41.4 Å². The number of carboxylic acid groups (broad SMARTS) is 1. The van der Waals surface area contributed by atoms with Gasteiger partial charge in [-0.15, -0.1) is 11.3 Å². The molecular formula is C33H44N2O4S. The average molecular weight is 565 g/mol. The standard InChI is InChI=1S/C33H44N2O4S/c1-21-9-14-26(40-21)15-20-38-25-12-10-24(11-13-25)27-22(2)34-23(3)28(30(31(36)37)39-32(4,5)6)29(27)35-18-16-33(7,8)17-19-35/h9-14,30H,15-20H2,1-8H3,(H,36,37). The summed E-state index contributed by atoms with van der Waals surface area (Å²) in [6.07, 6.45) is 1.81. The first kappa shape index (κ1) is 30.1. The van der Waals surface area contributed by atoms with Crippen LogP contribution >= 0.6 is 11.3 Å². The first-order chi connectivity index (χ1) is 18.7. The highest BCUT2D eigenvalue weighted by molar-refractivity contribution is 7.11. The van der Waals surface area contributed by atoms with Crippen molar-refractivity contribution in [3.05, 3.63) is 63.1 Å². The molecule has 7 heteroatoms. The second-order valence-electron chi connectivity index (χ2n) is 12.7. The van der Waals surface area contributed by atoms with Gasteiger partial charge in [-0.1, -0.05) is 26.0 Å². The topological polar surface area (TPSA) is 71.9 Å². The number of aliphatic carboxylic acids is 1. The minimum absolute atomic E-state index is 0.253. The summed E-state index contributed by atoms with van der Waals surface area (Å²) in [6.45, 7) is 18.6. The molecule has 1 N–H and O–H groups in total. The number of carboxylic acids is 1. The molecule has 0 amide bonds. The van der Waals surface area contributed by atoms with E-state index in [4.69, 9.17) is 14.5 Å². The number of rotatable bonds is 9. The fourth-order valence-electron chi connectivity index (χ4n) is 5.36. The Morgan fingerprint density at radius 1 is 1.05 bits per heavy atom. The van der Waals surface area contributed by atoms with Crippen LogP contribution < -0.4 is 9.64 Å². The van der Waals surface area contributed by atoms with Crippen molar-refractivity contribution in [3.8, 4) is 16.9 Å². The molecule has 2 aromatic heterocycles. The van der Waals surface area contributed by atoms with Crippen LogP contribution in [0.5, 0.6) is 5.75 Å². The summed E-state index contributed by atoms with van der Waals surface area (Å²) in [5.41, 5.74) is 4.72. The van der Waals surface area contributed by atoms with Gasteiger partial charge in [0.1, 0.15) is 5.75 Å². The van der Waals surface area contributed by atoms with Gasteiger partial charge in [-0.25, -0.2) is 4.79 Å². The summed E-state index contributed by atoms with van der Waals surface area (Å²) < 4.78 is 12.2. The van der Waals surface area contributed by atoms with Gasteiger partial charge in [0.05, 0.1) is 17.9 Å². The molecular weight excluding hydrogens is 520 g/mol. The molecule has 0 bridgehead atoms. The van der Waals surface area contributed by atoms with E-state index in [0.717, 1.165) is 60.6 Å². The lowest BCUT2D eigenvalue weighted by Gasteiger charge is -2.41. The van der Waals surface area contributed by atoms with E-state index in [9.17, 15) is 9.90 Å². The second kappa shape index (κ2) is 11.9. The quantitative estimate of drug-likeness (QED) is 0.285. The van der Waals surface area contributed by atoms with E-state index in [-0.39, 0.29) is 5.41 Å². The summed E-state index contributed by atoms with van der Waals surface area (Å²) in [5.74, 6) is -0.186. The molecule has 1 unspecified atom stereocenters. The lowest BCUT2D eigenvalue weighted by atomic mass is 9.82. The van der Waals surface area contributed by atoms with Crippen LogP contribution in [-0.2, 0) is 16.0 Å². The van der Waals surface area contributed by atoms with Gasteiger partial charge in [-0.3, -0.25) is 4.98 Å². The molecule has 0 radical (unpaired) electrons. The SMILES string of the molecule is Cc1ccc(CCOc2ccc(-c3c(C)nc(C)c(C(OC(C)(C)C)C(=O)O)c3N3CCC(C)(C)CC3)cc2)s1. The number of aromatic nitrogens is 1. The van der Waals surface area contributed by atoms with Crippen molar-refractivity contribution in [2.75, 3.05) is 24.6 Å². The lowest BCUT2D eigenvalue weighted by molar-refractivity contribution is -0.160. The molecule has 3 aromatic rings. The maximum atomic E-state index is 12.7. The number of ether oxygens (including phenoxy) is 2. The summed E-state index contributed by atoms with van der Waals surface area (Å²) >= 11 is 1.81. The van der Waals surface area contributed by atoms with Crippen molar-refractivity contribution in [2.45, 2.75) is 86.4 Å². The smallest absolute Gasteiger partial charge is 0.337 e. The highest BCUT2D eigenvalue weighted by atomic mass is 32.1. The van der Waals surface area contributed by atoms with Crippen molar-refractivity contribution >= 4 is 23.0 Å². The van der Waals surface area contributed by atoms with Crippen LogP contribution in [0.4, 0.5) is 5.69 Å². The number of piperidine rings is 1. The molecule has 1 aromatic carbocycles. The van der Waals surface area contributed by atoms with Crippen molar-refractivity contribution in [3.63, 3.8) is 0 Å². The predicted octanol–water partition coefficient (Wildman–Crippen LogP) is 7.92. The Labute approximate surface area is 243 Å². The van der Waals surface area contributed by atoms with Crippen molar-refractivity contribution in [2.24, 2.45) is 5.41 Å². The first-order valence-corrected chi connectivity index (χ1v) is 15.0. The molecule has 1 aliphatic rings. The van der Waals surface area contributed by atoms with Crippen LogP contribution in [0.1, 0.15) is 80.3 Å². The Bertz CT molecular complexity index is 1330. The molecule has 1 atom stereocenters. The largest absolute Gasteiger partial charge is 0.493 e. The number of hydrogen-bond acceptors (Lipinski definition) is 6. The fraction of sp³-hybridized carbons (Fsp3) is 0.515. The molecule has 1 fully saturated rings. The Balaban J connectivity index is 1.73. The lowest BCUT2D eigenvalue weighted by Crippen LogP contribution is -2.39. The predicted molar refractivity (Wildman–Crippen MR) is 164 cm³/mol. The molecule has 3 heterocycles. The summed E-state index contributed by atoms with van der Waals surface area (Å²) in [5, 5.41) is 10.4. The highest BCUT2D eigenvalue weighted by Crippen LogP contribution is 2.45. The number of carbonyl (C=O) groups is 1. The molecule has 40 heavy (non-hydrogen) atoms. The Kier molecular flexibility index (Phi) is 8.96. The van der Waals surface area contributed by atoms with Gasteiger partial charge in [0.15, 0.2) is 6.10 Å². The molecule has 0 saturated carbocycles. The van der Waals surface area contributed by atoms with Gasteiger partial charge in [-0.05, 0) is 89.6 Å². The van der Waals surface area contributed by atoms with E-state index in [1.54, 1.807) is 11.3 Å². The summed E-state index contributed by atoms with van der Waals surface area (Å²) in [7, 11) is 0. The average Bonchev–Trinajstić information content (AvgIpc) is 3.27. The van der Waals surface area contributed by atoms with Crippen LogP contribution in [0.25, 0.3) is 11.1 Å². The Morgan fingerprint density at radius 3 is 2.25 bits per heavy atom. The Morgan fingerprint density at radius 2 is 1.70 bits per heavy atom. The molecule has 0 aliphatic carbocycles. The van der Waals surface area contributed by atoms with E-state index in [0.29, 0.717) is 17.9 Å². The monoisotopic (exact) mass is 564 g/mol. The summed E-state index contributed by atoms with van der Waals surface area (Å²) in [4.78, 5) is 22.5. The minimum Gasteiger partial charge on any atom is -0.493 e. The third-order valence-corrected chi connectivity index (χ3v) is 8.59. The number of benzene rings is 1. The van der Waals surface area contributed by atoms with E-state index < -0.39 is 17.7 Å². The van der Waals surface area contributed by atoms with Crippen LogP contribution in [0.3, 0.4) is 0 Å². The van der Waals surface area contributed by atoms with Crippen molar-refractivity contribution in [1.82, 2.24) is 4.98 Å². The normalized spacial score (nSPS) is 16.1. The molecule has 0 spiro atoms. The maximum absolute atomic E-state index is 12.7. The molecule has 6 nitrogen and oxygen atoms in total.